The first kappa shape index (κ1) is 18.7. The maximum absolute atomic E-state index is 12.9. The molecule has 5 aromatic rings. The number of hydrogen-bond acceptors (Lipinski definition) is 4. The number of carbonyl (C=O) groups is 1. The SMILES string of the molecule is Cc1cccn2cc(-c3cccc(NC(=O)c4nc5ccccc5n(C)c4=O)c3)nc12. The number of imidazole rings is 1. The number of carbonyl (C=O) groups excluding carboxylic acids is 1. The van der Waals surface area contributed by atoms with E-state index in [1.807, 2.05) is 66.2 Å². The largest absolute Gasteiger partial charge is 0.320 e. The molecule has 3 aromatic heterocycles. The van der Waals surface area contributed by atoms with Crippen molar-refractivity contribution in [3.63, 3.8) is 0 Å². The summed E-state index contributed by atoms with van der Waals surface area (Å²) >= 11 is 0. The van der Waals surface area contributed by atoms with E-state index in [1.165, 1.54) is 4.57 Å². The van der Waals surface area contributed by atoms with Crippen molar-refractivity contribution < 1.29 is 4.79 Å². The molecular weight excluding hydrogens is 390 g/mol. The van der Waals surface area contributed by atoms with Gasteiger partial charge >= 0.3 is 0 Å². The van der Waals surface area contributed by atoms with Crippen molar-refractivity contribution in [2.24, 2.45) is 7.05 Å². The fourth-order valence-corrected chi connectivity index (χ4v) is 3.67. The van der Waals surface area contributed by atoms with Crippen LogP contribution in [0.1, 0.15) is 16.1 Å². The Labute approximate surface area is 177 Å². The minimum absolute atomic E-state index is 0.144. The van der Waals surface area contributed by atoms with Crippen LogP contribution in [0.4, 0.5) is 5.69 Å². The molecule has 0 bridgehead atoms. The number of hydrogen-bond donors (Lipinski definition) is 1. The van der Waals surface area contributed by atoms with Crippen LogP contribution in [0.5, 0.6) is 0 Å². The van der Waals surface area contributed by atoms with E-state index in [2.05, 4.69) is 10.3 Å². The molecule has 1 amide bonds. The molecular formula is C24H19N5O2. The first-order valence-corrected chi connectivity index (χ1v) is 9.83. The minimum atomic E-state index is -0.547. The summed E-state index contributed by atoms with van der Waals surface area (Å²) in [5.74, 6) is -0.547. The van der Waals surface area contributed by atoms with Crippen molar-refractivity contribution in [1.29, 1.82) is 0 Å². The summed E-state index contributed by atoms with van der Waals surface area (Å²) in [5.41, 5.74) is 4.86. The van der Waals surface area contributed by atoms with Crippen molar-refractivity contribution >= 4 is 28.3 Å². The van der Waals surface area contributed by atoms with Gasteiger partial charge < -0.3 is 14.3 Å². The third-order valence-electron chi connectivity index (χ3n) is 5.29. The fraction of sp³-hybridized carbons (Fsp3) is 0.0833. The number of anilines is 1. The summed E-state index contributed by atoms with van der Waals surface area (Å²) in [7, 11) is 1.63. The van der Waals surface area contributed by atoms with Gasteiger partial charge in [0.15, 0.2) is 5.69 Å². The number of benzene rings is 2. The van der Waals surface area contributed by atoms with Gasteiger partial charge in [0.25, 0.3) is 11.5 Å². The number of nitrogens with one attached hydrogen (secondary N) is 1. The smallest absolute Gasteiger partial charge is 0.282 e. The van der Waals surface area contributed by atoms with Gasteiger partial charge in [-0.05, 0) is 42.8 Å². The molecule has 0 aliphatic heterocycles. The lowest BCUT2D eigenvalue weighted by atomic mass is 10.1. The fourth-order valence-electron chi connectivity index (χ4n) is 3.67. The normalized spacial score (nSPS) is 11.2. The number of pyridine rings is 1. The molecule has 3 heterocycles. The first-order chi connectivity index (χ1) is 15.0. The zero-order valence-electron chi connectivity index (χ0n) is 17.0. The Morgan fingerprint density at radius 2 is 1.84 bits per heavy atom. The molecule has 2 aromatic carbocycles. The third kappa shape index (κ3) is 3.26. The quantitative estimate of drug-likeness (QED) is 0.491. The van der Waals surface area contributed by atoms with Gasteiger partial charge in [0, 0.05) is 30.7 Å². The molecule has 5 rings (SSSR count). The van der Waals surface area contributed by atoms with E-state index in [0.717, 1.165) is 22.5 Å². The molecule has 0 saturated carbocycles. The average Bonchev–Trinajstić information content (AvgIpc) is 3.22. The lowest BCUT2D eigenvalue weighted by Crippen LogP contribution is -2.29. The van der Waals surface area contributed by atoms with Crippen LogP contribution >= 0.6 is 0 Å². The number of aryl methyl sites for hydroxylation is 2. The monoisotopic (exact) mass is 409 g/mol. The molecule has 7 nitrogen and oxygen atoms in total. The second-order valence-corrected chi connectivity index (χ2v) is 7.40. The average molecular weight is 409 g/mol. The molecule has 1 N–H and O–H groups in total. The van der Waals surface area contributed by atoms with Crippen LogP contribution in [-0.2, 0) is 7.05 Å². The summed E-state index contributed by atoms with van der Waals surface area (Å²) in [6.45, 7) is 2.01. The van der Waals surface area contributed by atoms with Gasteiger partial charge in [-0.2, -0.15) is 0 Å². The van der Waals surface area contributed by atoms with E-state index in [4.69, 9.17) is 4.98 Å². The van der Waals surface area contributed by atoms with Crippen LogP contribution in [-0.4, -0.2) is 24.8 Å². The number of rotatable bonds is 3. The predicted octanol–water partition coefficient (Wildman–Crippen LogP) is 3.81. The first-order valence-electron chi connectivity index (χ1n) is 9.83. The summed E-state index contributed by atoms with van der Waals surface area (Å²) in [6.07, 6.45) is 3.90. The van der Waals surface area contributed by atoms with Gasteiger partial charge in [-0.25, -0.2) is 9.97 Å². The number of para-hydroxylation sites is 2. The lowest BCUT2D eigenvalue weighted by molar-refractivity contribution is 0.102. The molecule has 0 radical (unpaired) electrons. The van der Waals surface area contributed by atoms with E-state index in [1.54, 1.807) is 25.2 Å². The molecule has 7 heteroatoms. The van der Waals surface area contributed by atoms with Gasteiger partial charge in [0.1, 0.15) is 5.65 Å². The molecule has 0 atom stereocenters. The Hall–Kier alpha value is -4.26. The summed E-state index contributed by atoms with van der Waals surface area (Å²) < 4.78 is 3.41. The Balaban J connectivity index is 1.49. The van der Waals surface area contributed by atoms with Gasteiger partial charge in [-0.1, -0.05) is 30.3 Å². The van der Waals surface area contributed by atoms with Gasteiger partial charge in [-0.15, -0.1) is 0 Å². The molecule has 0 aliphatic carbocycles. The Kier molecular flexibility index (Phi) is 4.36. The van der Waals surface area contributed by atoms with Crippen molar-refractivity contribution in [3.05, 3.63) is 94.7 Å². The number of aromatic nitrogens is 4. The van der Waals surface area contributed by atoms with E-state index >= 15 is 0 Å². The van der Waals surface area contributed by atoms with E-state index in [0.29, 0.717) is 16.7 Å². The second kappa shape index (κ2) is 7.21. The highest BCUT2D eigenvalue weighted by molar-refractivity contribution is 6.03. The van der Waals surface area contributed by atoms with E-state index in [9.17, 15) is 9.59 Å². The number of fused-ring (bicyclic) bond motifs is 2. The molecule has 0 fully saturated rings. The van der Waals surface area contributed by atoms with Crippen LogP contribution in [0.2, 0.25) is 0 Å². The topological polar surface area (TPSA) is 81.3 Å². The number of amides is 1. The highest BCUT2D eigenvalue weighted by Gasteiger charge is 2.17. The Bertz CT molecular complexity index is 1530. The molecule has 152 valence electrons. The van der Waals surface area contributed by atoms with Crippen molar-refractivity contribution in [3.8, 4) is 11.3 Å². The molecule has 0 saturated heterocycles. The van der Waals surface area contributed by atoms with Crippen LogP contribution in [0, 0.1) is 6.92 Å². The van der Waals surface area contributed by atoms with Crippen molar-refractivity contribution in [2.45, 2.75) is 6.92 Å². The van der Waals surface area contributed by atoms with Gasteiger partial charge in [-0.3, -0.25) is 9.59 Å². The van der Waals surface area contributed by atoms with Gasteiger partial charge in [0.2, 0.25) is 0 Å². The van der Waals surface area contributed by atoms with E-state index in [-0.39, 0.29) is 5.69 Å². The van der Waals surface area contributed by atoms with Crippen molar-refractivity contribution in [2.75, 3.05) is 5.32 Å². The standard InChI is InChI=1S/C24H19N5O2/c1-15-7-6-12-29-14-19(27-22(15)29)16-8-5-9-17(13-16)25-23(30)21-24(31)28(2)20-11-4-3-10-18(20)26-21/h3-14H,1-2H3,(H,25,30). The maximum atomic E-state index is 12.9. The highest BCUT2D eigenvalue weighted by atomic mass is 16.2. The summed E-state index contributed by atoms with van der Waals surface area (Å²) in [6, 6.07) is 18.6. The zero-order valence-corrected chi connectivity index (χ0v) is 17.0. The van der Waals surface area contributed by atoms with E-state index < -0.39 is 11.5 Å². The Morgan fingerprint density at radius 3 is 2.68 bits per heavy atom. The minimum Gasteiger partial charge on any atom is -0.320 e. The molecule has 0 unspecified atom stereocenters. The predicted molar refractivity (Wildman–Crippen MR) is 120 cm³/mol. The maximum Gasteiger partial charge on any atom is 0.282 e. The Morgan fingerprint density at radius 1 is 1.00 bits per heavy atom. The van der Waals surface area contributed by atoms with Gasteiger partial charge in [0.05, 0.1) is 16.7 Å². The van der Waals surface area contributed by atoms with Crippen LogP contribution in [0.3, 0.4) is 0 Å². The van der Waals surface area contributed by atoms with Crippen LogP contribution in [0.25, 0.3) is 27.9 Å². The third-order valence-corrected chi connectivity index (χ3v) is 5.29. The lowest BCUT2D eigenvalue weighted by Gasteiger charge is -2.09. The molecule has 0 aliphatic rings. The molecule has 0 spiro atoms. The van der Waals surface area contributed by atoms with Crippen LogP contribution in [0.15, 0.2) is 77.9 Å². The zero-order chi connectivity index (χ0) is 21.5. The summed E-state index contributed by atoms with van der Waals surface area (Å²) in [4.78, 5) is 34.5. The summed E-state index contributed by atoms with van der Waals surface area (Å²) in [5, 5.41) is 2.80. The number of nitrogens with zero attached hydrogens (tertiary/aromatic N) is 4. The van der Waals surface area contributed by atoms with Crippen molar-refractivity contribution in [1.82, 2.24) is 18.9 Å². The molecule has 31 heavy (non-hydrogen) atoms. The second-order valence-electron chi connectivity index (χ2n) is 7.40. The van der Waals surface area contributed by atoms with Crippen LogP contribution < -0.4 is 10.9 Å². The highest BCUT2D eigenvalue weighted by Crippen LogP contribution is 2.23.